The summed E-state index contributed by atoms with van der Waals surface area (Å²) < 4.78 is 7.67. The molecule has 2 rings (SSSR count). The summed E-state index contributed by atoms with van der Waals surface area (Å²) >= 11 is 0. The highest BCUT2D eigenvalue weighted by Crippen LogP contribution is 2.37. The fraction of sp³-hybridized carbons (Fsp3) is 0.812. The monoisotopic (exact) mass is 294 g/mol. The van der Waals surface area contributed by atoms with Gasteiger partial charge < -0.3 is 10.1 Å². The first-order valence-corrected chi connectivity index (χ1v) is 8.08. The number of nitrogens with zero attached hydrogens (tertiary/aromatic N) is 3. The Morgan fingerprint density at radius 1 is 1.38 bits per heavy atom. The fourth-order valence-electron chi connectivity index (χ4n) is 3.52. The highest BCUT2D eigenvalue weighted by atomic mass is 16.5. The minimum Gasteiger partial charge on any atom is -0.493 e. The van der Waals surface area contributed by atoms with Gasteiger partial charge in [0.25, 0.3) is 0 Å². The van der Waals surface area contributed by atoms with Crippen molar-refractivity contribution < 1.29 is 4.74 Å². The number of rotatable bonds is 7. The zero-order chi connectivity index (χ0) is 15.5. The van der Waals surface area contributed by atoms with E-state index < -0.39 is 0 Å². The van der Waals surface area contributed by atoms with E-state index in [-0.39, 0.29) is 11.6 Å². The second-order valence-corrected chi connectivity index (χ2v) is 6.39. The minimum atomic E-state index is 0.0318. The molecule has 0 bridgehead atoms. The summed E-state index contributed by atoms with van der Waals surface area (Å²) in [6, 6.07) is 0.194. The lowest BCUT2D eigenvalue weighted by Gasteiger charge is -2.42. The molecular weight excluding hydrogens is 264 g/mol. The maximum atomic E-state index is 5.57. The van der Waals surface area contributed by atoms with E-state index in [4.69, 9.17) is 4.74 Å². The molecule has 1 atom stereocenters. The molecule has 1 unspecified atom stereocenters. The topological polar surface area (TPSA) is 42.3 Å². The predicted octanol–water partition coefficient (Wildman–Crippen LogP) is 2.44. The normalized spacial score (nSPS) is 18.1. The second-order valence-electron chi connectivity index (χ2n) is 6.39. The van der Waals surface area contributed by atoms with Crippen LogP contribution < -0.4 is 10.1 Å². The van der Waals surface area contributed by atoms with E-state index in [0.717, 1.165) is 18.7 Å². The van der Waals surface area contributed by atoms with Gasteiger partial charge in [-0.15, -0.1) is 0 Å². The van der Waals surface area contributed by atoms with Crippen molar-refractivity contribution in [2.45, 2.75) is 58.2 Å². The average molecular weight is 294 g/mol. The van der Waals surface area contributed by atoms with Crippen LogP contribution >= 0.6 is 0 Å². The van der Waals surface area contributed by atoms with Crippen LogP contribution in [0, 0.1) is 0 Å². The zero-order valence-electron chi connectivity index (χ0n) is 14.1. The molecule has 21 heavy (non-hydrogen) atoms. The number of hydrogen-bond donors (Lipinski definition) is 1. The number of methoxy groups -OCH3 is 1. The van der Waals surface area contributed by atoms with Gasteiger partial charge in [-0.1, -0.05) is 6.92 Å². The van der Waals surface area contributed by atoms with Gasteiger partial charge in [0.05, 0.1) is 25.0 Å². The van der Waals surface area contributed by atoms with Crippen LogP contribution in [0.4, 0.5) is 0 Å². The van der Waals surface area contributed by atoms with Crippen LogP contribution in [0.15, 0.2) is 6.20 Å². The molecular formula is C16H30N4O. The summed E-state index contributed by atoms with van der Waals surface area (Å²) in [5.41, 5.74) is 1.20. The van der Waals surface area contributed by atoms with E-state index in [0.29, 0.717) is 0 Å². The summed E-state index contributed by atoms with van der Waals surface area (Å²) in [5.74, 6) is 0.884. The first-order valence-electron chi connectivity index (χ1n) is 8.08. The third-order valence-corrected chi connectivity index (χ3v) is 4.69. The molecule has 1 aliphatic heterocycles. The van der Waals surface area contributed by atoms with Crippen molar-refractivity contribution in [2.75, 3.05) is 27.2 Å². The molecule has 1 aromatic rings. The number of nitrogens with one attached hydrogen (secondary N) is 1. The van der Waals surface area contributed by atoms with Gasteiger partial charge in [0.15, 0.2) is 5.75 Å². The summed E-state index contributed by atoms with van der Waals surface area (Å²) in [6.45, 7) is 10.1. The van der Waals surface area contributed by atoms with Crippen LogP contribution in [0.1, 0.15) is 51.8 Å². The summed E-state index contributed by atoms with van der Waals surface area (Å²) in [7, 11) is 3.76. The van der Waals surface area contributed by atoms with Gasteiger partial charge in [-0.05, 0) is 53.2 Å². The Morgan fingerprint density at radius 2 is 2.05 bits per heavy atom. The number of ether oxygens (including phenoxy) is 1. The van der Waals surface area contributed by atoms with E-state index >= 15 is 0 Å². The van der Waals surface area contributed by atoms with Crippen LogP contribution in [-0.2, 0) is 6.54 Å². The Balaban J connectivity index is 2.37. The highest BCUT2D eigenvalue weighted by Gasteiger charge is 2.40. The molecule has 0 radical (unpaired) electrons. The smallest absolute Gasteiger partial charge is 0.161 e. The quantitative estimate of drug-likeness (QED) is 0.839. The number of aromatic nitrogens is 2. The molecule has 0 aromatic carbocycles. The molecule has 1 N–H and O–H groups in total. The molecule has 0 amide bonds. The zero-order valence-corrected chi connectivity index (χ0v) is 14.1. The van der Waals surface area contributed by atoms with Gasteiger partial charge in [-0.2, -0.15) is 5.10 Å². The highest BCUT2D eigenvalue weighted by molar-refractivity contribution is 5.31. The minimum absolute atomic E-state index is 0.0318. The van der Waals surface area contributed by atoms with Gasteiger partial charge in [0.1, 0.15) is 0 Å². The van der Waals surface area contributed by atoms with Crippen molar-refractivity contribution in [1.29, 1.82) is 0 Å². The lowest BCUT2D eigenvalue weighted by Crippen LogP contribution is -2.51. The lowest BCUT2D eigenvalue weighted by atomic mass is 9.89. The van der Waals surface area contributed by atoms with Crippen LogP contribution in [0.2, 0.25) is 0 Å². The molecule has 1 saturated heterocycles. The lowest BCUT2D eigenvalue weighted by molar-refractivity contribution is 0.105. The van der Waals surface area contributed by atoms with E-state index in [9.17, 15) is 0 Å². The molecule has 5 heteroatoms. The van der Waals surface area contributed by atoms with Crippen molar-refractivity contribution >= 4 is 0 Å². The van der Waals surface area contributed by atoms with Gasteiger partial charge in [0, 0.05) is 12.1 Å². The SMILES string of the molecule is CCCn1ncc(OC)c1C(NC)C(C)(C)N1CCCC1. The van der Waals surface area contributed by atoms with E-state index in [2.05, 4.69) is 40.8 Å². The van der Waals surface area contributed by atoms with Gasteiger partial charge in [0.2, 0.25) is 0 Å². The van der Waals surface area contributed by atoms with Crippen LogP contribution in [0.3, 0.4) is 0 Å². The number of likely N-dealkylation sites (N-methyl/N-ethyl adjacent to an activating group) is 1. The molecule has 1 aromatic heterocycles. The van der Waals surface area contributed by atoms with Crippen molar-refractivity contribution in [3.63, 3.8) is 0 Å². The first kappa shape index (κ1) is 16.3. The van der Waals surface area contributed by atoms with Gasteiger partial charge in [-0.3, -0.25) is 9.58 Å². The van der Waals surface area contributed by atoms with E-state index in [1.54, 1.807) is 7.11 Å². The number of hydrogen-bond acceptors (Lipinski definition) is 4. The first-order chi connectivity index (χ1) is 10.1. The maximum absolute atomic E-state index is 5.57. The third-order valence-electron chi connectivity index (χ3n) is 4.69. The molecule has 0 saturated carbocycles. The summed E-state index contributed by atoms with van der Waals surface area (Å²) in [5, 5.41) is 8.03. The molecule has 2 heterocycles. The molecule has 5 nitrogen and oxygen atoms in total. The predicted molar refractivity (Wildman–Crippen MR) is 85.8 cm³/mol. The van der Waals surface area contributed by atoms with Crippen molar-refractivity contribution in [2.24, 2.45) is 0 Å². The van der Waals surface area contributed by atoms with Crippen LogP contribution in [0.5, 0.6) is 5.75 Å². The Labute approximate surface area is 128 Å². The Bertz CT molecular complexity index is 449. The fourth-order valence-corrected chi connectivity index (χ4v) is 3.52. The number of aryl methyl sites for hydroxylation is 1. The molecule has 0 aliphatic carbocycles. The molecule has 120 valence electrons. The van der Waals surface area contributed by atoms with Crippen LogP contribution in [-0.4, -0.2) is 47.5 Å². The number of likely N-dealkylation sites (tertiary alicyclic amines) is 1. The largest absolute Gasteiger partial charge is 0.493 e. The van der Waals surface area contributed by atoms with E-state index in [1.807, 2.05) is 13.2 Å². The standard InChI is InChI=1S/C16H30N4O/c1-6-9-20-14(13(21-5)12-18-20)15(17-4)16(2,3)19-10-7-8-11-19/h12,15,17H,6-11H2,1-5H3. The average Bonchev–Trinajstić information content (AvgIpc) is 3.10. The van der Waals surface area contributed by atoms with Crippen molar-refractivity contribution in [1.82, 2.24) is 20.0 Å². The Hall–Kier alpha value is -1.07. The Kier molecular flexibility index (Phi) is 5.27. The van der Waals surface area contributed by atoms with E-state index in [1.165, 1.54) is 31.6 Å². The summed E-state index contributed by atoms with van der Waals surface area (Å²) in [6.07, 6.45) is 5.50. The maximum Gasteiger partial charge on any atom is 0.161 e. The second kappa shape index (κ2) is 6.79. The molecule has 1 fully saturated rings. The summed E-state index contributed by atoms with van der Waals surface area (Å²) in [4.78, 5) is 2.58. The molecule has 0 spiro atoms. The Morgan fingerprint density at radius 3 is 2.57 bits per heavy atom. The van der Waals surface area contributed by atoms with Crippen LogP contribution in [0.25, 0.3) is 0 Å². The third kappa shape index (κ3) is 3.09. The van der Waals surface area contributed by atoms with Gasteiger partial charge >= 0.3 is 0 Å². The van der Waals surface area contributed by atoms with Gasteiger partial charge in [-0.25, -0.2) is 0 Å². The molecule has 1 aliphatic rings. The van der Waals surface area contributed by atoms with Crippen molar-refractivity contribution in [3.05, 3.63) is 11.9 Å². The van der Waals surface area contributed by atoms with Crippen molar-refractivity contribution in [3.8, 4) is 5.75 Å².